The normalized spacial score (nSPS) is 15.3. The molecule has 0 atom stereocenters. The van der Waals surface area contributed by atoms with Gasteiger partial charge >= 0.3 is 0 Å². The molecular formula is C18H20F2N4O. The van der Waals surface area contributed by atoms with Gasteiger partial charge in [0.2, 0.25) is 0 Å². The fourth-order valence-electron chi connectivity index (χ4n) is 2.84. The van der Waals surface area contributed by atoms with Crippen LogP contribution in [0.3, 0.4) is 0 Å². The first kappa shape index (κ1) is 17.3. The van der Waals surface area contributed by atoms with Gasteiger partial charge in [-0.3, -0.25) is 4.79 Å². The zero-order chi connectivity index (χ0) is 18.0. The highest BCUT2D eigenvalue weighted by molar-refractivity contribution is 6.03. The molecule has 1 saturated heterocycles. The molecule has 0 spiro atoms. The summed E-state index contributed by atoms with van der Waals surface area (Å²) in [6.07, 6.45) is 2.17. The van der Waals surface area contributed by atoms with Crippen LogP contribution >= 0.6 is 0 Å². The number of piperidine rings is 1. The maximum Gasteiger partial charge on any atom is 0.274 e. The van der Waals surface area contributed by atoms with Crippen LogP contribution in [0.5, 0.6) is 0 Å². The molecule has 1 amide bonds. The second-order valence-corrected chi connectivity index (χ2v) is 6.41. The molecule has 1 aliphatic heterocycles. The van der Waals surface area contributed by atoms with E-state index in [2.05, 4.69) is 27.1 Å². The zero-order valence-corrected chi connectivity index (χ0v) is 14.2. The molecule has 1 aromatic heterocycles. The lowest BCUT2D eigenvalue weighted by Gasteiger charge is -2.31. The van der Waals surface area contributed by atoms with Crippen molar-refractivity contribution in [3.63, 3.8) is 0 Å². The third-order valence-corrected chi connectivity index (χ3v) is 4.34. The van der Waals surface area contributed by atoms with Crippen molar-refractivity contribution in [2.24, 2.45) is 5.92 Å². The largest absolute Gasteiger partial charge is 0.356 e. The fourth-order valence-corrected chi connectivity index (χ4v) is 2.84. The Morgan fingerprint density at radius 1 is 1.16 bits per heavy atom. The number of aryl methyl sites for hydroxylation is 1. The second-order valence-electron chi connectivity index (χ2n) is 6.41. The number of nitrogens with one attached hydrogen (secondary N) is 1. The van der Waals surface area contributed by atoms with Gasteiger partial charge in [0, 0.05) is 30.9 Å². The van der Waals surface area contributed by atoms with E-state index in [1.54, 1.807) is 13.0 Å². The number of carbonyl (C=O) groups excluding carboxylic acids is 1. The van der Waals surface area contributed by atoms with Crippen LogP contribution in [0, 0.1) is 24.5 Å². The van der Waals surface area contributed by atoms with Crippen LogP contribution < -0.4 is 10.2 Å². The van der Waals surface area contributed by atoms with Gasteiger partial charge in [-0.1, -0.05) is 6.92 Å². The first-order valence-electron chi connectivity index (χ1n) is 8.29. The molecule has 1 fully saturated rings. The van der Waals surface area contributed by atoms with E-state index in [4.69, 9.17) is 0 Å². The first-order chi connectivity index (χ1) is 11.9. The third kappa shape index (κ3) is 4.10. The van der Waals surface area contributed by atoms with E-state index in [-0.39, 0.29) is 11.4 Å². The van der Waals surface area contributed by atoms with Gasteiger partial charge in [-0.05, 0) is 37.8 Å². The summed E-state index contributed by atoms with van der Waals surface area (Å²) >= 11 is 0. The Hall–Kier alpha value is -2.57. The van der Waals surface area contributed by atoms with Crippen molar-refractivity contribution in [2.45, 2.75) is 26.7 Å². The Labute approximate surface area is 145 Å². The summed E-state index contributed by atoms with van der Waals surface area (Å²) in [4.78, 5) is 23.1. The summed E-state index contributed by atoms with van der Waals surface area (Å²) < 4.78 is 26.3. The highest BCUT2D eigenvalue weighted by atomic mass is 19.2. The topological polar surface area (TPSA) is 58.1 Å². The Kier molecular flexibility index (Phi) is 4.92. The van der Waals surface area contributed by atoms with Gasteiger partial charge in [0.05, 0.1) is 0 Å². The van der Waals surface area contributed by atoms with Crippen molar-refractivity contribution in [3.8, 4) is 0 Å². The standard InChI is InChI=1S/C18H20F2N4O/c1-11-5-7-24(8-6-11)17-10-16(21-12(2)22-17)18(25)23-13-3-4-14(19)15(20)9-13/h3-4,9-11H,5-8H2,1-2H3,(H,23,25). The van der Waals surface area contributed by atoms with Crippen LogP contribution in [-0.4, -0.2) is 29.0 Å². The molecule has 7 heteroatoms. The van der Waals surface area contributed by atoms with E-state index < -0.39 is 17.5 Å². The maximum absolute atomic E-state index is 13.3. The van der Waals surface area contributed by atoms with Crippen molar-refractivity contribution in [1.29, 1.82) is 0 Å². The number of hydrogen-bond acceptors (Lipinski definition) is 4. The Bertz CT molecular complexity index is 789. The molecule has 5 nitrogen and oxygen atoms in total. The first-order valence-corrected chi connectivity index (χ1v) is 8.29. The molecule has 1 N–H and O–H groups in total. The number of amides is 1. The Balaban J connectivity index is 1.79. The number of benzene rings is 1. The highest BCUT2D eigenvalue weighted by Crippen LogP contribution is 2.22. The summed E-state index contributed by atoms with van der Waals surface area (Å²) in [5, 5.41) is 2.54. The van der Waals surface area contributed by atoms with E-state index in [0.717, 1.165) is 43.9 Å². The van der Waals surface area contributed by atoms with Crippen LogP contribution in [0.4, 0.5) is 20.3 Å². The minimum absolute atomic E-state index is 0.175. The van der Waals surface area contributed by atoms with Crippen molar-refractivity contribution in [1.82, 2.24) is 9.97 Å². The molecule has 0 unspecified atom stereocenters. The number of anilines is 2. The monoisotopic (exact) mass is 346 g/mol. The number of rotatable bonds is 3. The number of carbonyl (C=O) groups is 1. The Morgan fingerprint density at radius 3 is 2.56 bits per heavy atom. The van der Waals surface area contributed by atoms with Crippen molar-refractivity contribution in [2.75, 3.05) is 23.3 Å². The molecular weight excluding hydrogens is 326 g/mol. The van der Waals surface area contributed by atoms with E-state index >= 15 is 0 Å². The minimum Gasteiger partial charge on any atom is -0.356 e. The molecule has 1 aliphatic rings. The van der Waals surface area contributed by atoms with E-state index in [1.165, 1.54) is 6.07 Å². The van der Waals surface area contributed by atoms with Crippen molar-refractivity contribution < 1.29 is 13.6 Å². The highest BCUT2D eigenvalue weighted by Gasteiger charge is 2.19. The molecule has 0 radical (unpaired) electrons. The van der Waals surface area contributed by atoms with E-state index in [1.807, 2.05) is 0 Å². The predicted molar refractivity (Wildman–Crippen MR) is 91.7 cm³/mol. The second kappa shape index (κ2) is 7.13. The van der Waals surface area contributed by atoms with Gasteiger partial charge in [0.25, 0.3) is 5.91 Å². The SMILES string of the molecule is Cc1nc(C(=O)Nc2ccc(F)c(F)c2)cc(N2CCC(C)CC2)n1. The molecule has 0 bridgehead atoms. The van der Waals surface area contributed by atoms with Crippen LogP contribution in [-0.2, 0) is 0 Å². The van der Waals surface area contributed by atoms with Crippen molar-refractivity contribution in [3.05, 3.63) is 47.4 Å². The average Bonchev–Trinajstić information content (AvgIpc) is 2.58. The molecule has 25 heavy (non-hydrogen) atoms. The molecule has 1 aromatic carbocycles. The van der Waals surface area contributed by atoms with Crippen LogP contribution in [0.25, 0.3) is 0 Å². The van der Waals surface area contributed by atoms with Gasteiger partial charge in [-0.25, -0.2) is 18.7 Å². The Morgan fingerprint density at radius 2 is 1.88 bits per heavy atom. The van der Waals surface area contributed by atoms with E-state index in [0.29, 0.717) is 11.7 Å². The summed E-state index contributed by atoms with van der Waals surface area (Å²) in [6, 6.07) is 4.85. The summed E-state index contributed by atoms with van der Waals surface area (Å²) in [5.41, 5.74) is 0.374. The van der Waals surface area contributed by atoms with E-state index in [9.17, 15) is 13.6 Å². The van der Waals surface area contributed by atoms with Gasteiger partial charge in [0.1, 0.15) is 17.3 Å². The van der Waals surface area contributed by atoms with Crippen LogP contribution in [0.1, 0.15) is 36.1 Å². The van der Waals surface area contributed by atoms with Gasteiger partial charge in [0.15, 0.2) is 11.6 Å². The predicted octanol–water partition coefficient (Wildman–Crippen LogP) is 3.55. The summed E-state index contributed by atoms with van der Waals surface area (Å²) in [7, 11) is 0. The summed E-state index contributed by atoms with van der Waals surface area (Å²) in [6.45, 7) is 5.73. The molecule has 3 rings (SSSR count). The molecule has 132 valence electrons. The number of aromatic nitrogens is 2. The van der Waals surface area contributed by atoms with Gasteiger partial charge in [-0.15, -0.1) is 0 Å². The van der Waals surface area contributed by atoms with Crippen molar-refractivity contribution >= 4 is 17.4 Å². The fraction of sp³-hybridized carbons (Fsp3) is 0.389. The maximum atomic E-state index is 13.3. The lowest BCUT2D eigenvalue weighted by atomic mass is 9.99. The molecule has 2 heterocycles. The number of halogens is 2. The van der Waals surface area contributed by atoms with Gasteiger partial charge < -0.3 is 10.2 Å². The van der Waals surface area contributed by atoms with Gasteiger partial charge in [-0.2, -0.15) is 0 Å². The lowest BCUT2D eigenvalue weighted by molar-refractivity contribution is 0.102. The zero-order valence-electron chi connectivity index (χ0n) is 14.2. The third-order valence-electron chi connectivity index (χ3n) is 4.34. The number of hydrogen-bond donors (Lipinski definition) is 1. The molecule has 2 aromatic rings. The molecule has 0 saturated carbocycles. The van der Waals surface area contributed by atoms with Crippen LogP contribution in [0.2, 0.25) is 0 Å². The average molecular weight is 346 g/mol. The minimum atomic E-state index is -1.01. The number of nitrogens with zero attached hydrogens (tertiary/aromatic N) is 3. The lowest BCUT2D eigenvalue weighted by Crippen LogP contribution is -2.34. The smallest absolute Gasteiger partial charge is 0.274 e. The molecule has 0 aliphatic carbocycles. The quantitative estimate of drug-likeness (QED) is 0.923. The summed E-state index contributed by atoms with van der Waals surface area (Å²) in [5.74, 6) is -0.558. The van der Waals surface area contributed by atoms with Crippen LogP contribution in [0.15, 0.2) is 24.3 Å².